The van der Waals surface area contributed by atoms with Crippen LogP contribution in [0, 0.1) is 0 Å². The quantitative estimate of drug-likeness (QED) is 0.0262. The second-order valence-electron chi connectivity index (χ2n) is 17.7. The van der Waals surface area contributed by atoms with Crippen molar-refractivity contribution >= 4 is 17.9 Å². The van der Waals surface area contributed by atoms with Gasteiger partial charge in [-0.3, -0.25) is 14.4 Å². The molecule has 380 valence electrons. The van der Waals surface area contributed by atoms with Crippen LogP contribution in [-0.2, 0) is 28.6 Å². The molecule has 0 aliphatic heterocycles. The molecule has 0 aromatic rings. The lowest BCUT2D eigenvalue weighted by Crippen LogP contribution is -2.30. The molecule has 0 bridgehead atoms. The maximum Gasteiger partial charge on any atom is 0.306 e. The Kier molecular flexibility index (Phi) is 51.5. The van der Waals surface area contributed by atoms with Gasteiger partial charge in [-0.05, 0) is 128 Å². The van der Waals surface area contributed by atoms with Crippen LogP contribution in [0.1, 0.15) is 239 Å². The van der Waals surface area contributed by atoms with Crippen molar-refractivity contribution in [3.05, 3.63) is 109 Å². The molecule has 6 nitrogen and oxygen atoms in total. The highest BCUT2D eigenvalue weighted by atomic mass is 16.6. The second-order valence-corrected chi connectivity index (χ2v) is 17.7. The highest BCUT2D eigenvalue weighted by molar-refractivity contribution is 5.71. The summed E-state index contributed by atoms with van der Waals surface area (Å²) >= 11 is 0. The SMILES string of the molecule is CC/C=C\C/C=C\C/C=C\C/C=C\CCCCC(=O)O[C@@H](COC(=O)CCCCC/C=C\C/C=C\C/C=C\C/C=C\CCCCC)COC(=O)CCCCCCC/C=C\CCCCCCCC. The fraction of sp³-hybridized carbons (Fsp3) is 0.656. The van der Waals surface area contributed by atoms with Gasteiger partial charge in [0.05, 0.1) is 0 Å². The number of ether oxygens (including phenoxy) is 3. The van der Waals surface area contributed by atoms with E-state index in [1.165, 1.54) is 77.0 Å². The van der Waals surface area contributed by atoms with Gasteiger partial charge in [0, 0.05) is 19.3 Å². The van der Waals surface area contributed by atoms with E-state index in [9.17, 15) is 14.4 Å². The van der Waals surface area contributed by atoms with E-state index in [4.69, 9.17) is 14.2 Å². The topological polar surface area (TPSA) is 78.9 Å². The van der Waals surface area contributed by atoms with E-state index in [2.05, 4.69) is 130 Å². The van der Waals surface area contributed by atoms with E-state index < -0.39 is 6.10 Å². The maximum atomic E-state index is 12.8. The van der Waals surface area contributed by atoms with Gasteiger partial charge >= 0.3 is 17.9 Å². The average molecular weight is 929 g/mol. The van der Waals surface area contributed by atoms with Crippen LogP contribution in [-0.4, -0.2) is 37.2 Å². The third kappa shape index (κ3) is 52.9. The van der Waals surface area contributed by atoms with Crippen LogP contribution in [0.15, 0.2) is 109 Å². The summed E-state index contributed by atoms with van der Waals surface area (Å²) in [7, 11) is 0. The molecule has 0 radical (unpaired) electrons. The van der Waals surface area contributed by atoms with Gasteiger partial charge in [-0.15, -0.1) is 0 Å². The lowest BCUT2D eigenvalue weighted by Gasteiger charge is -2.18. The number of hydrogen-bond donors (Lipinski definition) is 0. The van der Waals surface area contributed by atoms with E-state index in [0.717, 1.165) is 116 Å². The molecule has 0 saturated carbocycles. The van der Waals surface area contributed by atoms with Gasteiger partial charge in [0.15, 0.2) is 6.10 Å². The summed E-state index contributed by atoms with van der Waals surface area (Å²) in [5.74, 6) is -0.996. The third-order valence-electron chi connectivity index (χ3n) is 11.2. The molecule has 0 fully saturated rings. The minimum Gasteiger partial charge on any atom is -0.462 e. The van der Waals surface area contributed by atoms with Crippen LogP contribution in [0.2, 0.25) is 0 Å². The number of rotatable bonds is 48. The summed E-state index contributed by atoms with van der Waals surface area (Å²) in [6.07, 6.45) is 73.6. The van der Waals surface area contributed by atoms with Crippen molar-refractivity contribution in [1.29, 1.82) is 0 Å². The van der Waals surface area contributed by atoms with Crippen molar-refractivity contribution in [2.24, 2.45) is 0 Å². The zero-order valence-electron chi connectivity index (χ0n) is 43.4. The van der Waals surface area contributed by atoms with Crippen LogP contribution in [0.25, 0.3) is 0 Å². The normalized spacial score (nSPS) is 12.9. The Bertz CT molecular complexity index is 1390. The number of esters is 3. The molecule has 0 heterocycles. The van der Waals surface area contributed by atoms with Crippen molar-refractivity contribution < 1.29 is 28.6 Å². The minimum atomic E-state index is -0.818. The minimum absolute atomic E-state index is 0.111. The van der Waals surface area contributed by atoms with Gasteiger partial charge in [-0.2, -0.15) is 0 Å². The van der Waals surface area contributed by atoms with Gasteiger partial charge in [0.2, 0.25) is 0 Å². The predicted octanol–water partition coefficient (Wildman–Crippen LogP) is 18.3. The lowest BCUT2D eigenvalue weighted by molar-refractivity contribution is -0.167. The summed E-state index contributed by atoms with van der Waals surface area (Å²) in [5.41, 5.74) is 0. The molecule has 67 heavy (non-hydrogen) atoms. The van der Waals surface area contributed by atoms with Crippen molar-refractivity contribution in [3.63, 3.8) is 0 Å². The molecular weight excluding hydrogens is 829 g/mol. The van der Waals surface area contributed by atoms with E-state index in [0.29, 0.717) is 19.3 Å². The first-order valence-corrected chi connectivity index (χ1v) is 27.4. The van der Waals surface area contributed by atoms with Crippen LogP contribution >= 0.6 is 0 Å². The van der Waals surface area contributed by atoms with Crippen LogP contribution < -0.4 is 0 Å². The van der Waals surface area contributed by atoms with E-state index in [1.807, 2.05) is 0 Å². The predicted molar refractivity (Wildman–Crippen MR) is 288 cm³/mol. The molecule has 0 unspecified atom stereocenters. The molecule has 0 aliphatic rings. The van der Waals surface area contributed by atoms with Crippen molar-refractivity contribution in [1.82, 2.24) is 0 Å². The number of hydrogen-bond acceptors (Lipinski definition) is 6. The molecule has 0 saturated heterocycles. The van der Waals surface area contributed by atoms with E-state index in [-0.39, 0.29) is 37.5 Å². The fourth-order valence-corrected chi connectivity index (χ4v) is 7.12. The smallest absolute Gasteiger partial charge is 0.306 e. The first-order valence-electron chi connectivity index (χ1n) is 27.4. The van der Waals surface area contributed by atoms with E-state index >= 15 is 0 Å². The van der Waals surface area contributed by atoms with Crippen LogP contribution in [0.4, 0.5) is 0 Å². The first kappa shape index (κ1) is 63.1. The summed E-state index contributed by atoms with van der Waals surface area (Å²) in [5, 5.41) is 0. The van der Waals surface area contributed by atoms with Crippen LogP contribution in [0.3, 0.4) is 0 Å². The molecular formula is C61H100O6. The second kappa shape index (κ2) is 54.7. The van der Waals surface area contributed by atoms with Crippen molar-refractivity contribution in [2.45, 2.75) is 245 Å². The monoisotopic (exact) mass is 929 g/mol. The van der Waals surface area contributed by atoms with Gasteiger partial charge in [0.1, 0.15) is 13.2 Å². The highest BCUT2D eigenvalue weighted by Crippen LogP contribution is 2.13. The first-order chi connectivity index (χ1) is 33.0. The molecule has 0 amide bonds. The molecule has 0 N–H and O–H groups in total. The van der Waals surface area contributed by atoms with E-state index in [1.54, 1.807) is 0 Å². The summed E-state index contributed by atoms with van der Waals surface area (Å²) in [4.78, 5) is 38.1. The van der Waals surface area contributed by atoms with Crippen molar-refractivity contribution in [2.75, 3.05) is 13.2 Å². The highest BCUT2D eigenvalue weighted by Gasteiger charge is 2.19. The summed E-state index contributed by atoms with van der Waals surface area (Å²) in [6, 6.07) is 0. The van der Waals surface area contributed by atoms with Gasteiger partial charge in [0.25, 0.3) is 0 Å². The molecule has 0 rings (SSSR count). The Morgan fingerprint density at radius 1 is 0.313 bits per heavy atom. The summed E-state index contributed by atoms with van der Waals surface area (Å²) in [6.45, 7) is 6.41. The Balaban J connectivity index is 4.53. The number of carbonyl (C=O) groups is 3. The maximum absolute atomic E-state index is 12.8. The standard InChI is InChI=1S/C61H100O6/c1-4-7-10-13-16-19-22-25-28-29-30-31-34-36-39-42-45-48-51-54-60(63)66-57-58(67-61(64)55-52-49-46-43-40-37-33-27-24-21-18-15-12-9-6-3)56-65-59(62)53-50-47-44-41-38-35-32-26-23-20-17-14-11-8-5-2/h9,12,16,18-19,21,25-28,30-33,36,39-40,43,58H,4-8,10-11,13-15,17,20,22-24,29,34-35,37-38,41-42,44-57H2,1-3H3/b12-9-,19-16-,21-18-,28-25-,31-30-,32-26-,33-27-,39-36-,43-40-/t58-/m1/s1. The Labute approximate surface area is 412 Å². The van der Waals surface area contributed by atoms with Gasteiger partial charge < -0.3 is 14.2 Å². The number of allylic oxidation sites excluding steroid dienone is 18. The Morgan fingerprint density at radius 3 is 1.00 bits per heavy atom. The fourth-order valence-electron chi connectivity index (χ4n) is 7.12. The lowest BCUT2D eigenvalue weighted by atomic mass is 10.1. The van der Waals surface area contributed by atoms with Crippen molar-refractivity contribution in [3.8, 4) is 0 Å². The molecule has 0 aromatic carbocycles. The molecule has 1 atom stereocenters. The summed E-state index contributed by atoms with van der Waals surface area (Å²) < 4.78 is 16.8. The molecule has 0 aliphatic carbocycles. The van der Waals surface area contributed by atoms with Gasteiger partial charge in [-0.25, -0.2) is 0 Å². The average Bonchev–Trinajstić information content (AvgIpc) is 3.33. The number of carbonyl (C=O) groups excluding carboxylic acids is 3. The largest absolute Gasteiger partial charge is 0.462 e. The Hall–Kier alpha value is -3.93. The van der Waals surface area contributed by atoms with Crippen LogP contribution in [0.5, 0.6) is 0 Å². The third-order valence-corrected chi connectivity index (χ3v) is 11.2. The number of unbranched alkanes of at least 4 members (excludes halogenated alkanes) is 19. The molecule has 6 heteroatoms. The molecule has 0 spiro atoms. The Morgan fingerprint density at radius 2 is 0.582 bits per heavy atom. The molecule has 0 aromatic heterocycles. The van der Waals surface area contributed by atoms with Gasteiger partial charge in [-0.1, -0.05) is 201 Å². The zero-order valence-corrected chi connectivity index (χ0v) is 43.4. The zero-order chi connectivity index (χ0) is 48.6.